The van der Waals surface area contributed by atoms with E-state index in [1.165, 1.54) is 12.4 Å². The molecule has 1 rings (SSSR count). The Bertz CT molecular complexity index is 355. The lowest BCUT2D eigenvalue weighted by Crippen LogP contribution is -2.63. The summed E-state index contributed by atoms with van der Waals surface area (Å²) in [4.78, 5) is 23.3. The fraction of sp³-hybridized carbons (Fsp3) is 0.800. The maximum Gasteiger partial charge on any atom is 0.422 e. The number of urea groups is 1. The zero-order valence-electron chi connectivity index (χ0n) is 10.0. The Kier molecular flexibility index (Phi) is 3.78. The van der Waals surface area contributed by atoms with Gasteiger partial charge in [-0.3, -0.25) is 0 Å². The normalized spacial score (nSPS) is 18.9. The van der Waals surface area contributed by atoms with Gasteiger partial charge in [-0.25, -0.2) is 9.59 Å². The summed E-state index contributed by atoms with van der Waals surface area (Å²) in [5, 5.41) is 10.2. The lowest BCUT2D eigenvalue weighted by Gasteiger charge is -2.30. The summed E-state index contributed by atoms with van der Waals surface area (Å²) in [5.41, 5.74) is -3.28. The minimum Gasteiger partial charge on any atom is -0.479 e. The quantitative estimate of drug-likeness (QED) is 0.810. The Labute approximate surface area is 102 Å². The van der Waals surface area contributed by atoms with Crippen LogP contribution in [0.25, 0.3) is 0 Å². The van der Waals surface area contributed by atoms with Crippen molar-refractivity contribution in [3.8, 4) is 0 Å². The number of carbonyl (C=O) groups is 2. The second kappa shape index (κ2) is 4.66. The van der Waals surface area contributed by atoms with Crippen LogP contribution in [-0.4, -0.2) is 47.3 Å². The van der Waals surface area contributed by atoms with E-state index >= 15 is 0 Å². The number of nitrogens with one attached hydrogen (secondary N) is 1. The molecule has 0 aromatic rings. The van der Waals surface area contributed by atoms with Gasteiger partial charge in [-0.15, -0.1) is 0 Å². The third-order valence-electron chi connectivity index (χ3n) is 2.93. The molecule has 0 bridgehead atoms. The first-order valence-corrected chi connectivity index (χ1v) is 5.41. The number of hydrogen-bond acceptors (Lipinski definition) is 2. The van der Waals surface area contributed by atoms with Crippen molar-refractivity contribution < 1.29 is 27.9 Å². The van der Waals surface area contributed by atoms with E-state index in [0.29, 0.717) is 19.4 Å². The molecule has 1 saturated carbocycles. The van der Waals surface area contributed by atoms with Crippen LogP contribution in [0.5, 0.6) is 0 Å². The fourth-order valence-corrected chi connectivity index (χ4v) is 1.33. The minimum absolute atomic E-state index is 0.308. The topological polar surface area (TPSA) is 69.6 Å². The molecule has 1 aliphatic rings. The van der Waals surface area contributed by atoms with E-state index in [-0.39, 0.29) is 0 Å². The number of rotatable bonds is 4. The molecule has 1 atom stereocenters. The van der Waals surface area contributed by atoms with Crippen molar-refractivity contribution in [3.63, 3.8) is 0 Å². The second-order valence-electron chi connectivity index (χ2n) is 4.68. The monoisotopic (exact) mass is 268 g/mol. The summed E-state index contributed by atoms with van der Waals surface area (Å²) in [6.45, 7) is 0.761. The Balaban J connectivity index is 2.71. The van der Waals surface area contributed by atoms with Crippen molar-refractivity contribution in [3.05, 3.63) is 0 Å². The lowest BCUT2D eigenvalue weighted by atomic mass is 10.0. The number of carbonyl (C=O) groups excluding carboxylic acids is 1. The van der Waals surface area contributed by atoms with Crippen LogP contribution in [0.15, 0.2) is 0 Å². The molecule has 5 nitrogen and oxygen atoms in total. The van der Waals surface area contributed by atoms with Gasteiger partial charge in [0, 0.05) is 13.6 Å². The predicted octanol–water partition coefficient (Wildman–Crippen LogP) is 1.44. The van der Waals surface area contributed by atoms with E-state index in [0.717, 1.165) is 17.7 Å². The van der Waals surface area contributed by atoms with Crippen molar-refractivity contribution in [2.45, 2.75) is 31.5 Å². The highest BCUT2D eigenvalue weighted by Gasteiger charge is 2.58. The van der Waals surface area contributed by atoms with Crippen molar-refractivity contribution in [2.24, 2.45) is 5.92 Å². The molecule has 8 heteroatoms. The first kappa shape index (κ1) is 14.6. The van der Waals surface area contributed by atoms with Crippen LogP contribution in [-0.2, 0) is 4.79 Å². The van der Waals surface area contributed by atoms with Crippen LogP contribution in [0.4, 0.5) is 18.0 Å². The van der Waals surface area contributed by atoms with E-state index in [1.54, 1.807) is 0 Å². The van der Waals surface area contributed by atoms with Crippen LogP contribution in [0, 0.1) is 5.92 Å². The average Bonchev–Trinajstić information content (AvgIpc) is 2.99. The van der Waals surface area contributed by atoms with Crippen LogP contribution < -0.4 is 5.32 Å². The van der Waals surface area contributed by atoms with Crippen molar-refractivity contribution in [1.29, 1.82) is 0 Å². The SMILES string of the molecule is CN(CC1CC1)C(=O)NC(C)(C(=O)O)C(F)(F)F. The molecule has 104 valence electrons. The highest BCUT2D eigenvalue weighted by molar-refractivity contribution is 5.86. The highest BCUT2D eigenvalue weighted by atomic mass is 19.4. The van der Waals surface area contributed by atoms with Gasteiger partial charge in [-0.05, 0) is 25.7 Å². The first-order chi connectivity index (χ1) is 8.08. The number of alkyl halides is 3. The van der Waals surface area contributed by atoms with Crippen LogP contribution in [0.1, 0.15) is 19.8 Å². The van der Waals surface area contributed by atoms with Gasteiger partial charge >= 0.3 is 18.2 Å². The summed E-state index contributed by atoms with van der Waals surface area (Å²) in [5.74, 6) is -1.83. The van der Waals surface area contributed by atoms with E-state index in [1.807, 2.05) is 0 Å². The summed E-state index contributed by atoms with van der Waals surface area (Å²) in [7, 11) is 1.34. The molecule has 0 spiro atoms. The smallest absolute Gasteiger partial charge is 0.422 e. The fourth-order valence-electron chi connectivity index (χ4n) is 1.33. The minimum atomic E-state index is -5.06. The third kappa shape index (κ3) is 3.05. The molecular formula is C10H15F3N2O3. The molecule has 2 amide bonds. The number of halogens is 3. The van der Waals surface area contributed by atoms with E-state index in [9.17, 15) is 22.8 Å². The molecule has 0 saturated heterocycles. The molecule has 0 aromatic heterocycles. The molecule has 0 aliphatic heterocycles. The van der Waals surface area contributed by atoms with Gasteiger partial charge in [0.25, 0.3) is 0 Å². The lowest BCUT2D eigenvalue weighted by molar-refractivity contribution is -0.203. The van der Waals surface area contributed by atoms with Gasteiger partial charge < -0.3 is 15.3 Å². The van der Waals surface area contributed by atoms with Gasteiger partial charge in [-0.2, -0.15) is 13.2 Å². The van der Waals surface area contributed by atoms with Gasteiger partial charge in [0.05, 0.1) is 0 Å². The molecule has 2 N–H and O–H groups in total. The third-order valence-corrected chi connectivity index (χ3v) is 2.93. The number of nitrogens with zero attached hydrogens (tertiary/aromatic N) is 1. The zero-order chi connectivity index (χ0) is 14.1. The summed E-state index contributed by atoms with van der Waals surface area (Å²) < 4.78 is 37.9. The first-order valence-electron chi connectivity index (χ1n) is 5.41. The molecule has 0 radical (unpaired) electrons. The highest BCUT2D eigenvalue weighted by Crippen LogP contribution is 2.31. The van der Waals surface area contributed by atoms with Gasteiger partial charge in [0.2, 0.25) is 5.54 Å². The maximum absolute atomic E-state index is 12.6. The van der Waals surface area contributed by atoms with Crippen molar-refractivity contribution in [2.75, 3.05) is 13.6 Å². The molecule has 1 unspecified atom stereocenters. The van der Waals surface area contributed by atoms with Crippen LogP contribution in [0.2, 0.25) is 0 Å². The molecule has 1 fully saturated rings. The number of carboxylic acids is 1. The number of aliphatic carboxylic acids is 1. The maximum atomic E-state index is 12.6. The summed E-state index contributed by atoms with van der Waals surface area (Å²) in [6.07, 6.45) is -3.19. The van der Waals surface area contributed by atoms with E-state index in [4.69, 9.17) is 5.11 Å². The molecule has 18 heavy (non-hydrogen) atoms. The van der Waals surface area contributed by atoms with Crippen molar-refractivity contribution >= 4 is 12.0 Å². The Hall–Kier alpha value is -1.47. The summed E-state index contributed by atoms with van der Waals surface area (Å²) in [6, 6.07) is -1.04. The molecule has 0 heterocycles. The van der Waals surface area contributed by atoms with Gasteiger partial charge in [0.1, 0.15) is 0 Å². The van der Waals surface area contributed by atoms with Crippen LogP contribution in [0.3, 0.4) is 0 Å². The van der Waals surface area contributed by atoms with Gasteiger partial charge in [-0.1, -0.05) is 0 Å². The number of hydrogen-bond donors (Lipinski definition) is 2. The van der Waals surface area contributed by atoms with E-state index < -0.39 is 23.7 Å². The number of carboxylic acid groups (broad SMARTS) is 1. The zero-order valence-corrected chi connectivity index (χ0v) is 10.0. The molecule has 1 aliphatic carbocycles. The predicted molar refractivity (Wildman–Crippen MR) is 56.0 cm³/mol. The Morgan fingerprint density at radius 2 is 1.89 bits per heavy atom. The number of amides is 2. The van der Waals surface area contributed by atoms with Gasteiger partial charge in [0.15, 0.2) is 0 Å². The van der Waals surface area contributed by atoms with E-state index in [2.05, 4.69) is 0 Å². The second-order valence-corrected chi connectivity index (χ2v) is 4.68. The molecule has 0 aromatic carbocycles. The average molecular weight is 268 g/mol. The standard InChI is InChI=1S/C10H15F3N2O3/c1-9(7(16)17,10(11,12)13)14-8(18)15(2)5-6-3-4-6/h6H,3-5H2,1-2H3,(H,14,18)(H,16,17). The Morgan fingerprint density at radius 1 is 1.39 bits per heavy atom. The molecular weight excluding hydrogens is 253 g/mol. The summed E-state index contributed by atoms with van der Waals surface area (Å²) >= 11 is 0. The van der Waals surface area contributed by atoms with Crippen molar-refractivity contribution in [1.82, 2.24) is 10.2 Å². The largest absolute Gasteiger partial charge is 0.479 e. The van der Waals surface area contributed by atoms with Crippen LogP contribution >= 0.6 is 0 Å². The Morgan fingerprint density at radius 3 is 2.22 bits per heavy atom.